The van der Waals surface area contributed by atoms with Gasteiger partial charge >= 0.3 is 6.09 Å². The van der Waals surface area contributed by atoms with Crippen LogP contribution in [0.5, 0.6) is 0 Å². The molecule has 2 unspecified atom stereocenters. The van der Waals surface area contributed by atoms with E-state index in [4.69, 9.17) is 15.9 Å². The van der Waals surface area contributed by atoms with Crippen LogP contribution in [0.15, 0.2) is 0 Å². The van der Waals surface area contributed by atoms with Gasteiger partial charge in [-0.1, -0.05) is 5.92 Å². The molecule has 2 amide bonds. The number of rotatable bonds is 7. The van der Waals surface area contributed by atoms with Crippen LogP contribution in [-0.4, -0.2) is 54.6 Å². The van der Waals surface area contributed by atoms with Gasteiger partial charge in [-0.25, -0.2) is 4.79 Å². The number of terminal acetylenes is 1. The van der Waals surface area contributed by atoms with Crippen molar-refractivity contribution < 1.29 is 24.2 Å². The summed E-state index contributed by atoms with van der Waals surface area (Å²) in [6.07, 6.45) is 3.60. The van der Waals surface area contributed by atoms with Crippen molar-refractivity contribution in [3.05, 3.63) is 0 Å². The largest absolute Gasteiger partial charge is 0.444 e. The molecule has 0 fully saturated rings. The summed E-state index contributed by atoms with van der Waals surface area (Å²) in [6.45, 7) is 6.48. The molecule has 0 aromatic rings. The van der Waals surface area contributed by atoms with Crippen molar-refractivity contribution >= 4 is 12.0 Å². The molecule has 7 nitrogen and oxygen atoms in total. The Hall–Kier alpha value is -1.78. The Bertz CT molecular complexity index is 425. The highest BCUT2D eigenvalue weighted by atomic mass is 16.6. The smallest absolute Gasteiger partial charge is 0.408 e. The van der Waals surface area contributed by atoms with Crippen LogP contribution in [0.3, 0.4) is 0 Å². The first-order chi connectivity index (χ1) is 10.1. The number of carbonyl (C=O) groups excluding carboxylic acids is 2. The molecule has 0 aliphatic heterocycles. The van der Waals surface area contributed by atoms with E-state index in [1.165, 1.54) is 7.11 Å². The molecule has 0 rings (SSSR count). The summed E-state index contributed by atoms with van der Waals surface area (Å²) in [5, 5.41) is 14.6. The average molecular weight is 314 g/mol. The second-order valence-corrected chi connectivity index (χ2v) is 6.20. The van der Waals surface area contributed by atoms with Gasteiger partial charge in [0.05, 0.1) is 18.7 Å². The normalized spacial score (nSPS) is 15.1. The highest BCUT2D eigenvalue weighted by Gasteiger charge is 2.34. The Kier molecular flexibility index (Phi) is 7.91. The molecule has 0 aromatic carbocycles. The first-order valence-electron chi connectivity index (χ1n) is 6.93. The van der Waals surface area contributed by atoms with Crippen LogP contribution in [0.2, 0.25) is 0 Å². The number of hydrogen-bond acceptors (Lipinski definition) is 5. The number of alkyl carbamates (subject to hydrolysis) is 1. The van der Waals surface area contributed by atoms with E-state index in [0.29, 0.717) is 0 Å². The van der Waals surface area contributed by atoms with Gasteiger partial charge in [0, 0.05) is 13.5 Å². The van der Waals surface area contributed by atoms with Gasteiger partial charge in [-0.05, 0) is 27.7 Å². The maximum atomic E-state index is 11.9. The number of ether oxygens (including phenoxy) is 2. The van der Waals surface area contributed by atoms with E-state index >= 15 is 0 Å². The van der Waals surface area contributed by atoms with Gasteiger partial charge in [0.2, 0.25) is 5.91 Å². The summed E-state index contributed by atoms with van der Waals surface area (Å²) in [7, 11) is 1.37. The summed E-state index contributed by atoms with van der Waals surface area (Å²) in [5.41, 5.74) is -1.73. The Labute approximate surface area is 131 Å². The third-order valence-electron chi connectivity index (χ3n) is 2.73. The van der Waals surface area contributed by atoms with Crippen LogP contribution in [-0.2, 0) is 14.3 Å². The number of hydrogen-bond donors (Lipinski definition) is 3. The van der Waals surface area contributed by atoms with E-state index in [1.807, 2.05) is 0 Å². The SMILES string of the molecule is C#CCNC(=O)C(CC(C)(CO)NC(=O)OC(C)(C)C)OC. The van der Waals surface area contributed by atoms with Crippen LogP contribution < -0.4 is 10.6 Å². The number of nitrogens with one attached hydrogen (secondary N) is 2. The Morgan fingerprint density at radius 3 is 2.32 bits per heavy atom. The van der Waals surface area contributed by atoms with E-state index in [2.05, 4.69) is 16.6 Å². The number of carbonyl (C=O) groups is 2. The highest BCUT2D eigenvalue weighted by molar-refractivity contribution is 5.81. The monoisotopic (exact) mass is 314 g/mol. The Morgan fingerprint density at radius 1 is 1.32 bits per heavy atom. The molecule has 126 valence electrons. The molecule has 0 saturated carbocycles. The van der Waals surface area contributed by atoms with Crippen molar-refractivity contribution in [2.24, 2.45) is 0 Å². The lowest BCUT2D eigenvalue weighted by Crippen LogP contribution is -2.54. The minimum Gasteiger partial charge on any atom is -0.444 e. The van der Waals surface area contributed by atoms with Crippen molar-refractivity contribution in [3.63, 3.8) is 0 Å². The van der Waals surface area contributed by atoms with Crippen LogP contribution in [0.1, 0.15) is 34.1 Å². The summed E-state index contributed by atoms with van der Waals surface area (Å²) >= 11 is 0. The molecule has 0 aromatic heterocycles. The summed E-state index contributed by atoms with van der Waals surface area (Å²) in [5.74, 6) is 1.87. The number of methoxy groups -OCH3 is 1. The fraction of sp³-hybridized carbons (Fsp3) is 0.733. The van der Waals surface area contributed by atoms with Crippen molar-refractivity contribution in [2.75, 3.05) is 20.3 Å². The van der Waals surface area contributed by atoms with Crippen molar-refractivity contribution in [1.29, 1.82) is 0 Å². The number of aliphatic hydroxyl groups excluding tert-OH is 1. The third-order valence-corrected chi connectivity index (χ3v) is 2.73. The maximum Gasteiger partial charge on any atom is 0.408 e. The number of amides is 2. The molecular weight excluding hydrogens is 288 g/mol. The molecule has 0 spiro atoms. The fourth-order valence-electron chi connectivity index (χ4n) is 1.65. The first kappa shape index (κ1) is 20.2. The fourth-order valence-corrected chi connectivity index (χ4v) is 1.65. The lowest BCUT2D eigenvalue weighted by atomic mass is 9.95. The predicted molar refractivity (Wildman–Crippen MR) is 82.1 cm³/mol. The second kappa shape index (κ2) is 8.61. The van der Waals surface area contributed by atoms with Crippen molar-refractivity contribution in [3.8, 4) is 12.3 Å². The second-order valence-electron chi connectivity index (χ2n) is 6.20. The zero-order valence-electron chi connectivity index (χ0n) is 13.9. The third kappa shape index (κ3) is 7.86. The minimum atomic E-state index is -1.07. The van der Waals surface area contributed by atoms with E-state index in [0.717, 1.165) is 0 Å². The molecule has 2 atom stereocenters. The molecule has 0 radical (unpaired) electrons. The highest BCUT2D eigenvalue weighted by Crippen LogP contribution is 2.16. The van der Waals surface area contributed by atoms with Gasteiger partial charge in [0.25, 0.3) is 0 Å². The average Bonchev–Trinajstić information content (AvgIpc) is 2.39. The van der Waals surface area contributed by atoms with Crippen molar-refractivity contribution in [2.45, 2.75) is 51.4 Å². The van der Waals surface area contributed by atoms with E-state index in [9.17, 15) is 14.7 Å². The standard InChI is InChI=1S/C15H26N2O5/c1-7-8-16-12(19)11(21-6)9-15(5,10-18)17-13(20)22-14(2,3)4/h1,11,18H,8-10H2,2-6H3,(H,16,19)(H,17,20). The molecule has 0 bridgehead atoms. The lowest BCUT2D eigenvalue weighted by molar-refractivity contribution is -0.132. The number of aliphatic hydroxyl groups is 1. The summed E-state index contributed by atoms with van der Waals surface area (Å²) < 4.78 is 10.3. The molecule has 0 aliphatic rings. The first-order valence-corrected chi connectivity index (χ1v) is 6.93. The Morgan fingerprint density at radius 2 is 1.91 bits per heavy atom. The quantitative estimate of drug-likeness (QED) is 0.592. The minimum absolute atomic E-state index is 0.0651. The van der Waals surface area contributed by atoms with Gasteiger partial charge in [-0.2, -0.15) is 0 Å². The van der Waals surface area contributed by atoms with Crippen molar-refractivity contribution in [1.82, 2.24) is 10.6 Å². The summed E-state index contributed by atoms with van der Waals surface area (Å²) in [4.78, 5) is 23.7. The molecule has 22 heavy (non-hydrogen) atoms. The molecule has 0 saturated heterocycles. The lowest BCUT2D eigenvalue weighted by Gasteiger charge is -2.32. The van der Waals surface area contributed by atoms with Gasteiger partial charge in [-0.3, -0.25) is 4.79 Å². The van der Waals surface area contributed by atoms with E-state index in [-0.39, 0.29) is 19.6 Å². The van der Waals surface area contributed by atoms with Crippen LogP contribution >= 0.6 is 0 Å². The predicted octanol–water partition coefficient (Wildman–Crippen LogP) is 0.417. The van der Waals surface area contributed by atoms with Crippen LogP contribution in [0.25, 0.3) is 0 Å². The van der Waals surface area contributed by atoms with E-state index in [1.54, 1.807) is 27.7 Å². The zero-order valence-corrected chi connectivity index (χ0v) is 13.9. The molecule has 3 N–H and O–H groups in total. The molecule has 0 heterocycles. The Balaban J connectivity index is 4.80. The van der Waals surface area contributed by atoms with Gasteiger partial charge in [0.1, 0.15) is 11.7 Å². The van der Waals surface area contributed by atoms with Gasteiger partial charge < -0.3 is 25.2 Å². The summed E-state index contributed by atoms with van der Waals surface area (Å²) in [6, 6.07) is 0. The molecule has 0 aliphatic carbocycles. The van der Waals surface area contributed by atoms with Crippen LogP contribution in [0.4, 0.5) is 4.79 Å². The molecule has 7 heteroatoms. The van der Waals surface area contributed by atoms with Crippen LogP contribution in [0, 0.1) is 12.3 Å². The zero-order chi connectivity index (χ0) is 17.4. The molecular formula is C15H26N2O5. The van der Waals surface area contributed by atoms with Gasteiger partial charge in [0.15, 0.2) is 0 Å². The van der Waals surface area contributed by atoms with E-state index < -0.39 is 29.2 Å². The van der Waals surface area contributed by atoms with Gasteiger partial charge in [-0.15, -0.1) is 6.42 Å². The topological polar surface area (TPSA) is 96.9 Å². The maximum absolute atomic E-state index is 11.9.